The van der Waals surface area contributed by atoms with Crippen LogP contribution in [0.2, 0.25) is 10.0 Å². The Hall–Kier alpha value is -2.70. The molecule has 2 aliphatic rings. The number of hydrogen-bond donors (Lipinski definition) is 0. The SMILES string of the molecule is CCOC(=O)CC(=O)N1c2ccccc2N=C2CC(C)(C)CC(=O)C2C1c1ccc(Cl)cc1Cl. The van der Waals surface area contributed by atoms with Gasteiger partial charge in [-0.1, -0.05) is 55.2 Å². The van der Waals surface area contributed by atoms with E-state index >= 15 is 0 Å². The van der Waals surface area contributed by atoms with Crippen LogP contribution in [0.5, 0.6) is 0 Å². The summed E-state index contributed by atoms with van der Waals surface area (Å²) in [5.74, 6) is -1.85. The van der Waals surface area contributed by atoms with Crippen LogP contribution in [-0.4, -0.2) is 30.0 Å². The molecular weight excluding hydrogens is 475 g/mol. The summed E-state index contributed by atoms with van der Waals surface area (Å²) in [5.41, 5.74) is 2.10. The molecule has 0 radical (unpaired) electrons. The van der Waals surface area contributed by atoms with Crippen molar-refractivity contribution in [3.8, 4) is 0 Å². The fourth-order valence-electron chi connectivity index (χ4n) is 4.88. The number of rotatable bonds is 4. The number of halogens is 2. The highest BCUT2D eigenvalue weighted by Crippen LogP contribution is 2.49. The fraction of sp³-hybridized carbons (Fsp3) is 0.385. The van der Waals surface area contributed by atoms with Crippen LogP contribution >= 0.6 is 23.2 Å². The molecule has 2 aromatic rings. The number of hydrogen-bond acceptors (Lipinski definition) is 5. The second-order valence-corrected chi connectivity index (χ2v) is 10.3. The molecule has 0 saturated heterocycles. The van der Waals surface area contributed by atoms with Crippen molar-refractivity contribution in [2.75, 3.05) is 11.5 Å². The maximum absolute atomic E-state index is 13.7. The molecule has 2 aromatic carbocycles. The molecule has 34 heavy (non-hydrogen) atoms. The number of aliphatic imine (C=N–C) groups is 1. The van der Waals surface area contributed by atoms with Crippen LogP contribution in [-0.2, 0) is 19.1 Å². The number of anilines is 1. The molecule has 178 valence electrons. The Bertz CT molecular complexity index is 1190. The molecule has 6 nitrogen and oxygen atoms in total. The number of esters is 1. The number of Topliss-reactive ketones (excluding diaryl/α,β-unsaturated/α-hetero) is 1. The maximum Gasteiger partial charge on any atom is 0.315 e. The van der Waals surface area contributed by atoms with E-state index in [0.29, 0.717) is 45.5 Å². The summed E-state index contributed by atoms with van der Waals surface area (Å²) < 4.78 is 5.03. The lowest BCUT2D eigenvalue weighted by atomic mass is 9.68. The molecule has 0 spiro atoms. The first-order valence-electron chi connectivity index (χ1n) is 11.2. The van der Waals surface area contributed by atoms with E-state index in [0.717, 1.165) is 0 Å². The van der Waals surface area contributed by atoms with Gasteiger partial charge in [0.25, 0.3) is 0 Å². The van der Waals surface area contributed by atoms with Crippen molar-refractivity contribution in [2.24, 2.45) is 16.3 Å². The molecule has 1 fully saturated rings. The van der Waals surface area contributed by atoms with Gasteiger partial charge in [-0.2, -0.15) is 0 Å². The molecule has 1 aliphatic heterocycles. The molecule has 1 aliphatic carbocycles. The highest BCUT2D eigenvalue weighted by Gasteiger charge is 2.48. The first kappa shape index (κ1) is 24.4. The third-order valence-electron chi connectivity index (χ3n) is 6.17. The van der Waals surface area contributed by atoms with Gasteiger partial charge in [0.05, 0.1) is 29.9 Å². The topological polar surface area (TPSA) is 76.0 Å². The zero-order valence-electron chi connectivity index (χ0n) is 19.3. The molecule has 1 saturated carbocycles. The summed E-state index contributed by atoms with van der Waals surface area (Å²) >= 11 is 12.8. The van der Waals surface area contributed by atoms with Gasteiger partial charge in [0.2, 0.25) is 5.91 Å². The number of benzene rings is 2. The van der Waals surface area contributed by atoms with Crippen LogP contribution in [0.15, 0.2) is 47.5 Å². The largest absolute Gasteiger partial charge is 0.466 e. The molecule has 0 N–H and O–H groups in total. The van der Waals surface area contributed by atoms with Gasteiger partial charge in [-0.05, 0) is 48.6 Å². The minimum Gasteiger partial charge on any atom is -0.466 e. The van der Waals surface area contributed by atoms with Crippen LogP contribution in [0, 0.1) is 11.3 Å². The predicted octanol–water partition coefficient (Wildman–Crippen LogP) is 6.11. The number of amides is 1. The molecule has 2 atom stereocenters. The molecular formula is C26H26Cl2N2O4. The van der Waals surface area contributed by atoms with Gasteiger partial charge >= 0.3 is 5.97 Å². The summed E-state index contributed by atoms with van der Waals surface area (Å²) in [4.78, 5) is 46.0. The van der Waals surface area contributed by atoms with Gasteiger partial charge in [-0.3, -0.25) is 19.4 Å². The lowest BCUT2D eigenvalue weighted by molar-refractivity contribution is -0.145. The monoisotopic (exact) mass is 500 g/mol. The molecule has 4 rings (SSSR count). The smallest absolute Gasteiger partial charge is 0.315 e. The Kier molecular flexibility index (Phi) is 6.83. The fourth-order valence-corrected chi connectivity index (χ4v) is 5.40. The number of ketones is 1. The van der Waals surface area contributed by atoms with Crippen molar-refractivity contribution >= 4 is 57.9 Å². The third kappa shape index (κ3) is 4.75. The first-order chi connectivity index (χ1) is 16.1. The Labute approximate surface area is 208 Å². The van der Waals surface area contributed by atoms with Gasteiger partial charge in [0.15, 0.2) is 0 Å². The average Bonchev–Trinajstić information content (AvgIpc) is 2.87. The van der Waals surface area contributed by atoms with Gasteiger partial charge in [-0.25, -0.2) is 0 Å². The average molecular weight is 501 g/mol. The maximum atomic E-state index is 13.7. The summed E-state index contributed by atoms with van der Waals surface area (Å²) in [6, 6.07) is 11.4. The van der Waals surface area contributed by atoms with E-state index in [1.54, 1.807) is 37.3 Å². The van der Waals surface area contributed by atoms with Crippen molar-refractivity contribution < 1.29 is 19.1 Å². The van der Waals surface area contributed by atoms with Crippen LogP contribution in [0.25, 0.3) is 0 Å². The number of nitrogens with zero attached hydrogens (tertiary/aromatic N) is 2. The van der Waals surface area contributed by atoms with Gasteiger partial charge < -0.3 is 9.64 Å². The summed E-state index contributed by atoms with van der Waals surface area (Å²) in [6.45, 7) is 5.92. The lowest BCUT2D eigenvalue weighted by Gasteiger charge is -2.41. The second-order valence-electron chi connectivity index (χ2n) is 9.41. The number of carbonyl (C=O) groups excluding carboxylic acids is 3. The quantitative estimate of drug-likeness (QED) is 0.374. The van der Waals surface area contributed by atoms with Crippen molar-refractivity contribution in [1.82, 2.24) is 0 Å². The Morgan fingerprint density at radius 1 is 1.15 bits per heavy atom. The summed E-state index contributed by atoms with van der Waals surface area (Å²) in [6.07, 6.45) is 0.472. The van der Waals surface area contributed by atoms with E-state index in [9.17, 15) is 14.4 Å². The zero-order chi connectivity index (χ0) is 24.6. The van der Waals surface area contributed by atoms with E-state index in [-0.39, 0.29) is 17.8 Å². The van der Waals surface area contributed by atoms with E-state index in [4.69, 9.17) is 32.9 Å². The van der Waals surface area contributed by atoms with Crippen LogP contribution in [0.4, 0.5) is 11.4 Å². The molecule has 1 heterocycles. The standard InChI is InChI=1S/C26H26Cl2N2O4/c1-4-34-23(33)12-22(32)30-20-8-6-5-7-18(20)29-19-13-26(2,3)14-21(31)24(19)25(30)16-10-9-15(27)11-17(16)28/h5-11,24-25H,4,12-14H2,1-3H3. The van der Waals surface area contributed by atoms with Gasteiger partial charge in [-0.15, -0.1) is 0 Å². The van der Waals surface area contributed by atoms with Crippen molar-refractivity contribution in [3.63, 3.8) is 0 Å². The number of para-hydroxylation sites is 2. The zero-order valence-corrected chi connectivity index (χ0v) is 20.8. The van der Waals surface area contributed by atoms with Crippen LogP contribution in [0.3, 0.4) is 0 Å². The molecule has 0 aromatic heterocycles. The molecule has 0 bridgehead atoms. The first-order valence-corrected chi connectivity index (χ1v) is 12.0. The molecule has 8 heteroatoms. The van der Waals surface area contributed by atoms with Crippen LogP contribution < -0.4 is 4.90 Å². The van der Waals surface area contributed by atoms with E-state index in [1.165, 1.54) is 4.90 Å². The third-order valence-corrected chi connectivity index (χ3v) is 6.73. The Morgan fingerprint density at radius 3 is 2.59 bits per heavy atom. The van der Waals surface area contributed by atoms with Crippen molar-refractivity contribution in [3.05, 3.63) is 58.1 Å². The van der Waals surface area contributed by atoms with Gasteiger partial charge in [0, 0.05) is 22.2 Å². The van der Waals surface area contributed by atoms with Crippen LogP contribution in [0.1, 0.15) is 51.6 Å². The number of ether oxygens (including phenoxy) is 1. The number of fused-ring (bicyclic) bond motifs is 2. The minimum absolute atomic E-state index is 0.0206. The Balaban J connectivity index is 1.95. The molecule has 2 unspecified atom stereocenters. The summed E-state index contributed by atoms with van der Waals surface area (Å²) in [7, 11) is 0. The van der Waals surface area contributed by atoms with E-state index < -0.39 is 30.3 Å². The molecule has 1 amide bonds. The van der Waals surface area contributed by atoms with E-state index in [1.807, 2.05) is 26.0 Å². The van der Waals surface area contributed by atoms with Gasteiger partial charge in [0.1, 0.15) is 12.2 Å². The highest BCUT2D eigenvalue weighted by molar-refractivity contribution is 6.35. The second kappa shape index (κ2) is 9.51. The lowest BCUT2D eigenvalue weighted by Crippen LogP contribution is -2.47. The van der Waals surface area contributed by atoms with E-state index in [2.05, 4.69) is 0 Å². The number of carbonyl (C=O) groups is 3. The Morgan fingerprint density at radius 2 is 1.88 bits per heavy atom. The van der Waals surface area contributed by atoms with Crippen molar-refractivity contribution in [2.45, 2.75) is 46.1 Å². The highest BCUT2D eigenvalue weighted by atomic mass is 35.5. The minimum atomic E-state index is -0.780. The summed E-state index contributed by atoms with van der Waals surface area (Å²) in [5, 5.41) is 0.778. The normalized spacial score (nSPS) is 21.1. The predicted molar refractivity (Wildman–Crippen MR) is 133 cm³/mol. The van der Waals surface area contributed by atoms with Crippen molar-refractivity contribution in [1.29, 1.82) is 0 Å².